The second-order valence-corrected chi connectivity index (χ2v) is 5.56. The van der Waals surface area contributed by atoms with Gasteiger partial charge >= 0.3 is 0 Å². The van der Waals surface area contributed by atoms with Crippen molar-refractivity contribution in [3.63, 3.8) is 0 Å². The molecule has 0 spiro atoms. The van der Waals surface area contributed by atoms with Crippen molar-refractivity contribution in [1.29, 1.82) is 0 Å². The fourth-order valence-corrected chi connectivity index (χ4v) is 1.68. The van der Waals surface area contributed by atoms with E-state index >= 15 is 0 Å². The average molecular weight is 321 g/mol. The molecule has 1 aromatic carbocycles. The monoisotopic (exact) mass is 319 g/mol. The lowest BCUT2D eigenvalue weighted by Gasteiger charge is -2.18. The number of rotatable bonds is 4. The van der Waals surface area contributed by atoms with E-state index in [9.17, 15) is 9.90 Å². The van der Waals surface area contributed by atoms with Crippen LogP contribution in [0.1, 0.15) is 23.7 Å². The highest BCUT2D eigenvalue weighted by atomic mass is 79.9. The number of aromatic hydroxyl groups is 1. The maximum atomic E-state index is 12.0. The summed E-state index contributed by atoms with van der Waals surface area (Å²) >= 11 is 9.01. The summed E-state index contributed by atoms with van der Waals surface area (Å²) in [5.41, 5.74) is 0.468. The standard InChI is InChI=1S/C12H15BrClNO2/c1-8(14)5-6-15(2)12(17)9-3-4-10(13)11(16)7-9/h3-4,7-8,16H,5-6H2,1-2H3. The summed E-state index contributed by atoms with van der Waals surface area (Å²) < 4.78 is 0.575. The molecular weight excluding hydrogens is 305 g/mol. The molecule has 0 aromatic heterocycles. The van der Waals surface area contributed by atoms with Crippen LogP contribution >= 0.6 is 27.5 Å². The van der Waals surface area contributed by atoms with Crippen molar-refractivity contribution >= 4 is 33.4 Å². The van der Waals surface area contributed by atoms with Gasteiger partial charge in [0.1, 0.15) is 5.75 Å². The average Bonchev–Trinajstić information content (AvgIpc) is 2.28. The summed E-state index contributed by atoms with van der Waals surface area (Å²) in [5, 5.41) is 9.56. The first kappa shape index (κ1) is 14.3. The lowest BCUT2D eigenvalue weighted by Crippen LogP contribution is -2.28. The number of phenols is 1. The smallest absolute Gasteiger partial charge is 0.253 e. The van der Waals surface area contributed by atoms with Crippen molar-refractivity contribution in [2.24, 2.45) is 0 Å². The van der Waals surface area contributed by atoms with E-state index in [2.05, 4.69) is 15.9 Å². The van der Waals surface area contributed by atoms with Crippen molar-refractivity contribution in [2.75, 3.05) is 13.6 Å². The number of hydrogen-bond donors (Lipinski definition) is 1. The number of carbonyl (C=O) groups excluding carboxylic acids is 1. The first-order valence-electron chi connectivity index (χ1n) is 5.30. The van der Waals surface area contributed by atoms with Gasteiger partial charge < -0.3 is 10.0 Å². The molecular formula is C12H15BrClNO2. The molecule has 0 saturated heterocycles. The number of halogens is 2. The minimum atomic E-state index is -0.120. The Kier molecular flexibility index (Phi) is 5.28. The van der Waals surface area contributed by atoms with Gasteiger partial charge in [-0.3, -0.25) is 4.79 Å². The van der Waals surface area contributed by atoms with E-state index in [1.165, 1.54) is 6.07 Å². The molecule has 0 aliphatic heterocycles. The molecule has 94 valence electrons. The lowest BCUT2D eigenvalue weighted by molar-refractivity contribution is 0.0793. The van der Waals surface area contributed by atoms with E-state index in [0.717, 1.165) is 6.42 Å². The van der Waals surface area contributed by atoms with Crippen LogP contribution in [0.25, 0.3) is 0 Å². The van der Waals surface area contributed by atoms with Crippen LogP contribution in [0.15, 0.2) is 22.7 Å². The van der Waals surface area contributed by atoms with Gasteiger partial charge in [0.15, 0.2) is 0 Å². The summed E-state index contributed by atoms with van der Waals surface area (Å²) in [6.07, 6.45) is 0.742. The van der Waals surface area contributed by atoms with Gasteiger partial charge in [-0.1, -0.05) is 0 Å². The van der Waals surface area contributed by atoms with E-state index in [1.54, 1.807) is 24.1 Å². The Bertz CT molecular complexity index is 409. The third kappa shape index (κ3) is 4.21. The van der Waals surface area contributed by atoms with Gasteiger partial charge in [-0.15, -0.1) is 11.6 Å². The zero-order chi connectivity index (χ0) is 13.0. The fourth-order valence-electron chi connectivity index (χ4n) is 1.34. The van der Waals surface area contributed by atoms with E-state index in [0.29, 0.717) is 16.6 Å². The van der Waals surface area contributed by atoms with Crippen LogP contribution in [0.4, 0.5) is 0 Å². The van der Waals surface area contributed by atoms with Crippen LogP contribution in [0, 0.1) is 0 Å². The molecule has 1 atom stereocenters. The van der Waals surface area contributed by atoms with Gasteiger partial charge in [-0.25, -0.2) is 0 Å². The summed E-state index contributed by atoms with van der Waals surface area (Å²) in [7, 11) is 1.72. The van der Waals surface area contributed by atoms with Crippen molar-refractivity contribution in [3.05, 3.63) is 28.2 Å². The number of alkyl halides is 1. The van der Waals surface area contributed by atoms with Crippen molar-refractivity contribution in [1.82, 2.24) is 4.90 Å². The molecule has 0 fully saturated rings. The second kappa shape index (κ2) is 6.26. The minimum Gasteiger partial charge on any atom is -0.507 e. The van der Waals surface area contributed by atoms with E-state index in [4.69, 9.17) is 11.6 Å². The topological polar surface area (TPSA) is 40.5 Å². The molecule has 0 saturated carbocycles. The van der Waals surface area contributed by atoms with E-state index in [1.807, 2.05) is 6.92 Å². The molecule has 3 nitrogen and oxygen atoms in total. The molecule has 1 amide bonds. The zero-order valence-corrected chi connectivity index (χ0v) is 12.1. The maximum absolute atomic E-state index is 12.0. The number of benzene rings is 1. The summed E-state index contributed by atoms with van der Waals surface area (Å²) in [6.45, 7) is 2.49. The molecule has 5 heteroatoms. The molecule has 0 heterocycles. The number of nitrogens with zero attached hydrogens (tertiary/aromatic N) is 1. The van der Waals surface area contributed by atoms with Gasteiger partial charge in [0, 0.05) is 24.5 Å². The molecule has 0 radical (unpaired) electrons. The van der Waals surface area contributed by atoms with E-state index < -0.39 is 0 Å². The molecule has 1 rings (SSSR count). The van der Waals surface area contributed by atoms with Crippen molar-refractivity contribution < 1.29 is 9.90 Å². The maximum Gasteiger partial charge on any atom is 0.253 e. The van der Waals surface area contributed by atoms with Crippen LogP contribution in [0.2, 0.25) is 0 Å². The van der Waals surface area contributed by atoms with Crippen LogP contribution in [0.5, 0.6) is 5.75 Å². The summed E-state index contributed by atoms with van der Waals surface area (Å²) in [5.74, 6) is -0.0555. The Balaban J connectivity index is 2.71. The number of phenolic OH excluding ortho intramolecular Hbond substituents is 1. The third-order valence-corrected chi connectivity index (χ3v) is 3.29. The van der Waals surface area contributed by atoms with Gasteiger partial charge in [0.05, 0.1) is 4.47 Å². The Labute approximate surface area is 115 Å². The first-order chi connectivity index (χ1) is 7.91. The van der Waals surface area contributed by atoms with Gasteiger partial charge in [-0.2, -0.15) is 0 Å². The number of hydrogen-bond acceptors (Lipinski definition) is 2. The SMILES string of the molecule is CC(Cl)CCN(C)C(=O)c1ccc(Br)c(O)c1. The van der Waals surface area contributed by atoms with Crippen LogP contribution < -0.4 is 0 Å². The molecule has 17 heavy (non-hydrogen) atoms. The summed E-state index contributed by atoms with van der Waals surface area (Å²) in [4.78, 5) is 13.6. The third-order valence-electron chi connectivity index (χ3n) is 2.40. The van der Waals surface area contributed by atoms with Gasteiger partial charge in [0.25, 0.3) is 5.91 Å². The van der Waals surface area contributed by atoms with Gasteiger partial charge in [-0.05, 0) is 47.5 Å². The lowest BCUT2D eigenvalue weighted by atomic mass is 10.2. The van der Waals surface area contributed by atoms with Crippen LogP contribution in [-0.4, -0.2) is 34.9 Å². The van der Waals surface area contributed by atoms with Gasteiger partial charge in [0.2, 0.25) is 0 Å². The quantitative estimate of drug-likeness (QED) is 0.865. The molecule has 0 aliphatic carbocycles. The Morgan fingerprint density at radius 3 is 2.76 bits per heavy atom. The normalized spacial score (nSPS) is 12.2. The predicted molar refractivity (Wildman–Crippen MR) is 72.7 cm³/mol. The second-order valence-electron chi connectivity index (χ2n) is 3.96. The van der Waals surface area contributed by atoms with Crippen LogP contribution in [-0.2, 0) is 0 Å². The highest BCUT2D eigenvalue weighted by molar-refractivity contribution is 9.10. The number of amides is 1. The predicted octanol–water partition coefficient (Wildman–Crippen LogP) is 3.24. The Hall–Kier alpha value is -0.740. The zero-order valence-electron chi connectivity index (χ0n) is 9.78. The molecule has 1 aromatic rings. The fraction of sp³-hybridized carbons (Fsp3) is 0.417. The molecule has 1 unspecified atom stereocenters. The molecule has 0 bridgehead atoms. The highest BCUT2D eigenvalue weighted by Crippen LogP contribution is 2.24. The Morgan fingerprint density at radius 2 is 2.24 bits per heavy atom. The Morgan fingerprint density at radius 1 is 1.59 bits per heavy atom. The van der Waals surface area contributed by atoms with E-state index in [-0.39, 0.29) is 17.0 Å². The van der Waals surface area contributed by atoms with Crippen LogP contribution in [0.3, 0.4) is 0 Å². The molecule has 1 N–H and O–H groups in total. The first-order valence-corrected chi connectivity index (χ1v) is 6.53. The molecule has 0 aliphatic rings. The minimum absolute atomic E-state index is 0.0450. The highest BCUT2D eigenvalue weighted by Gasteiger charge is 2.13. The van der Waals surface area contributed by atoms with Crippen molar-refractivity contribution in [2.45, 2.75) is 18.7 Å². The number of carbonyl (C=O) groups is 1. The van der Waals surface area contributed by atoms with Crippen molar-refractivity contribution in [3.8, 4) is 5.75 Å². The summed E-state index contributed by atoms with van der Waals surface area (Å²) in [6, 6.07) is 4.78. The largest absolute Gasteiger partial charge is 0.507 e.